The van der Waals surface area contributed by atoms with Crippen molar-refractivity contribution in [3.05, 3.63) is 112 Å². The minimum atomic E-state index is -0.289. The van der Waals surface area contributed by atoms with Crippen LogP contribution < -0.4 is 15.5 Å². The van der Waals surface area contributed by atoms with E-state index < -0.39 is 0 Å². The van der Waals surface area contributed by atoms with E-state index in [1.165, 1.54) is 10.5 Å². The van der Waals surface area contributed by atoms with Crippen molar-refractivity contribution >= 4 is 45.2 Å². The molecule has 1 heterocycles. The van der Waals surface area contributed by atoms with Gasteiger partial charge in [0.2, 0.25) is 0 Å². The molecule has 192 valence electrons. The average molecular weight is 524 g/mol. The van der Waals surface area contributed by atoms with Crippen LogP contribution >= 0.6 is 11.8 Å². The number of hydrogen-bond donors (Lipinski definition) is 2. The van der Waals surface area contributed by atoms with E-state index in [9.17, 15) is 9.59 Å². The predicted molar refractivity (Wildman–Crippen MR) is 157 cm³/mol. The summed E-state index contributed by atoms with van der Waals surface area (Å²) in [4.78, 5) is 32.8. The molecule has 4 aromatic carbocycles. The summed E-state index contributed by atoms with van der Waals surface area (Å²) in [6.07, 6.45) is 2.08. The number of nitrogens with zero attached hydrogens (tertiary/aromatic N) is 1. The molecule has 0 spiro atoms. The summed E-state index contributed by atoms with van der Waals surface area (Å²) in [6, 6.07) is 28.4. The Labute approximate surface area is 225 Å². The molecule has 1 amide bonds. The first-order chi connectivity index (χ1) is 18.5. The van der Waals surface area contributed by atoms with Gasteiger partial charge in [0.05, 0.1) is 11.1 Å². The summed E-state index contributed by atoms with van der Waals surface area (Å²) in [5, 5.41) is 4.02. The van der Waals surface area contributed by atoms with Crippen molar-refractivity contribution in [2.45, 2.75) is 11.4 Å². The van der Waals surface area contributed by atoms with Crippen molar-refractivity contribution in [3.63, 3.8) is 0 Å². The second-order valence-corrected chi connectivity index (χ2v) is 10.0. The molecule has 0 saturated carbocycles. The van der Waals surface area contributed by atoms with Gasteiger partial charge in [-0.15, -0.1) is 11.8 Å². The third kappa shape index (κ3) is 5.74. The second kappa shape index (κ2) is 11.5. The summed E-state index contributed by atoms with van der Waals surface area (Å²) in [6.45, 7) is 2.21. The first-order valence-electron chi connectivity index (χ1n) is 12.4. The molecule has 0 saturated heterocycles. The molecule has 0 bridgehead atoms. The first kappa shape index (κ1) is 25.6. The van der Waals surface area contributed by atoms with E-state index in [1.54, 1.807) is 36.0 Å². The van der Waals surface area contributed by atoms with Crippen molar-refractivity contribution in [2.24, 2.45) is 0 Å². The number of rotatable bonds is 9. The standard InChI is InChI=1S/C31H29N3O3S/c1-34(20-21-10-16-24(38-2)17-11-21)18-19-37-23-14-12-22(13-15-23)32-31(36)27-8-5-7-26-29(27)33-28-9-4-3-6-25(28)30(26)35/h3-17H,18-20H2,1-2H3,(H,32,36)(H,33,35). The average Bonchev–Trinajstić information content (AvgIpc) is 2.94. The predicted octanol–water partition coefficient (Wildman–Crippen LogP) is 6.17. The maximum Gasteiger partial charge on any atom is 0.257 e. The molecule has 1 aromatic heterocycles. The van der Waals surface area contributed by atoms with Gasteiger partial charge in [0.25, 0.3) is 5.91 Å². The number of fused-ring (bicyclic) bond motifs is 2. The van der Waals surface area contributed by atoms with Gasteiger partial charge in [-0.3, -0.25) is 14.5 Å². The molecule has 7 heteroatoms. The Morgan fingerprint density at radius 3 is 2.42 bits per heavy atom. The fourth-order valence-electron chi connectivity index (χ4n) is 4.41. The van der Waals surface area contributed by atoms with Gasteiger partial charge in [-0.1, -0.05) is 30.3 Å². The number of pyridine rings is 1. The van der Waals surface area contributed by atoms with Crippen LogP contribution in [0.1, 0.15) is 15.9 Å². The Morgan fingerprint density at radius 1 is 0.921 bits per heavy atom. The van der Waals surface area contributed by atoms with E-state index in [0.29, 0.717) is 39.7 Å². The van der Waals surface area contributed by atoms with Crippen LogP contribution in [0.15, 0.2) is 101 Å². The first-order valence-corrected chi connectivity index (χ1v) is 13.6. The number of aromatic nitrogens is 1. The Morgan fingerprint density at radius 2 is 1.66 bits per heavy atom. The Bertz CT molecular complexity index is 1630. The molecular weight excluding hydrogens is 494 g/mol. The number of thioether (sulfide) groups is 1. The minimum Gasteiger partial charge on any atom is -0.492 e. The number of para-hydroxylation sites is 2. The van der Waals surface area contributed by atoms with Crippen molar-refractivity contribution < 1.29 is 9.53 Å². The number of amides is 1. The van der Waals surface area contributed by atoms with Gasteiger partial charge in [-0.2, -0.15) is 0 Å². The molecule has 0 unspecified atom stereocenters. The maximum absolute atomic E-state index is 13.1. The van der Waals surface area contributed by atoms with Gasteiger partial charge in [0, 0.05) is 40.0 Å². The van der Waals surface area contributed by atoms with E-state index in [1.807, 2.05) is 42.5 Å². The summed E-state index contributed by atoms with van der Waals surface area (Å²) in [7, 11) is 2.08. The van der Waals surface area contributed by atoms with E-state index >= 15 is 0 Å². The zero-order valence-corrected chi connectivity index (χ0v) is 22.2. The van der Waals surface area contributed by atoms with Gasteiger partial charge in [-0.25, -0.2) is 0 Å². The van der Waals surface area contributed by atoms with Gasteiger partial charge in [-0.05, 0) is 79.5 Å². The zero-order chi connectivity index (χ0) is 26.5. The molecule has 0 atom stereocenters. The van der Waals surface area contributed by atoms with Crippen LogP contribution in [0.2, 0.25) is 0 Å². The highest BCUT2D eigenvalue weighted by Gasteiger charge is 2.14. The number of carbonyl (C=O) groups is 1. The van der Waals surface area contributed by atoms with Crippen LogP contribution in [0.25, 0.3) is 21.8 Å². The monoisotopic (exact) mass is 523 g/mol. The smallest absolute Gasteiger partial charge is 0.257 e. The molecule has 0 fully saturated rings. The summed E-state index contributed by atoms with van der Waals surface area (Å²) in [5.74, 6) is 0.448. The van der Waals surface area contributed by atoms with Crippen molar-refractivity contribution in [1.29, 1.82) is 0 Å². The fraction of sp³-hybridized carbons (Fsp3) is 0.161. The molecule has 5 aromatic rings. The van der Waals surface area contributed by atoms with Gasteiger partial charge in [0.1, 0.15) is 12.4 Å². The highest BCUT2D eigenvalue weighted by atomic mass is 32.2. The van der Waals surface area contributed by atoms with E-state index in [2.05, 4.69) is 52.8 Å². The Kier molecular flexibility index (Phi) is 7.77. The Balaban J connectivity index is 1.19. The van der Waals surface area contributed by atoms with Crippen LogP contribution in [0, 0.1) is 0 Å². The third-order valence-corrected chi connectivity index (χ3v) is 7.19. The molecule has 0 aliphatic rings. The van der Waals surface area contributed by atoms with E-state index in [4.69, 9.17) is 4.74 Å². The zero-order valence-electron chi connectivity index (χ0n) is 21.4. The van der Waals surface area contributed by atoms with Crippen LogP contribution in [0.5, 0.6) is 5.75 Å². The number of carbonyl (C=O) groups excluding carboxylic acids is 1. The lowest BCUT2D eigenvalue weighted by Crippen LogP contribution is -2.23. The lowest BCUT2D eigenvalue weighted by atomic mass is 10.1. The van der Waals surface area contributed by atoms with Gasteiger partial charge >= 0.3 is 0 Å². The highest BCUT2D eigenvalue weighted by molar-refractivity contribution is 7.98. The molecule has 5 rings (SSSR count). The number of hydrogen-bond acceptors (Lipinski definition) is 5. The molecule has 6 nitrogen and oxygen atoms in total. The molecule has 0 radical (unpaired) electrons. The lowest BCUT2D eigenvalue weighted by Gasteiger charge is -2.17. The van der Waals surface area contributed by atoms with E-state index in [-0.39, 0.29) is 11.3 Å². The number of ether oxygens (including phenoxy) is 1. The quantitative estimate of drug-likeness (QED) is 0.179. The Hall–Kier alpha value is -4.07. The number of anilines is 1. The molecular formula is C31H29N3O3S. The topological polar surface area (TPSA) is 74.4 Å². The van der Waals surface area contributed by atoms with E-state index in [0.717, 1.165) is 18.8 Å². The summed E-state index contributed by atoms with van der Waals surface area (Å²) < 4.78 is 5.91. The third-order valence-electron chi connectivity index (χ3n) is 6.45. The van der Waals surface area contributed by atoms with Crippen molar-refractivity contribution in [3.8, 4) is 5.75 Å². The van der Waals surface area contributed by atoms with Gasteiger partial charge < -0.3 is 15.0 Å². The number of nitrogens with one attached hydrogen (secondary N) is 2. The minimum absolute atomic E-state index is 0.0929. The number of likely N-dealkylation sites (N-methyl/N-ethyl adjacent to an activating group) is 1. The molecule has 38 heavy (non-hydrogen) atoms. The van der Waals surface area contributed by atoms with Crippen LogP contribution in [0.4, 0.5) is 5.69 Å². The summed E-state index contributed by atoms with van der Waals surface area (Å²) >= 11 is 1.74. The number of benzene rings is 4. The highest BCUT2D eigenvalue weighted by Crippen LogP contribution is 2.21. The lowest BCUT2D eigenvalue weighted by molar-refractivity contribution is 0.102. The number of aromatic amines is 1. The fourth-order valence-corrected chi connectivity index (χ4v) is 4.82. The normalized spacial score (nSPS) is 11.2. The van der Waals surface area contributed by atoms with Crippen LogP contribution in [-0.2, 0) is 6.54 Å². The molecule has 0 aliphatic heterocycles. The second-order valence-electron chi connectivity index (χ2n) is 9.14. The molecule has 2 N–H and O–H groups in total. The van der Waals surface area contributed by atoms with Gasteiger partial charge in [0.15, 0.2) is 5.43 Å². The van der Waals surface area contributed by atoms with Crippen LogP contribution in [-0.4, -0.2) is 42.2 Å². The SMILES string of the molecule is CSc1ccc(CN(C)CCOc2ccc(NC(=O)c3cccc4c(=O)c5ccccc5[nH]c34)cc2)cc1. The maximum atomic E-state index is 13.1. The number of H-pyrrole nitrogens is 1. The largest absolute Gasteiger partial charge is 0.492 e. The van der Waals surface area contributed by atoms with Crippen LogP contribution in [0.3, 0.4) is 0 Å². The van der Waals surface area contributed by atoms with Crippen molar-refractivity contribution in [1.82, 2.24) is 9.88 Å². The van der Waals surface area contributed by atoms with Crippen molar-refractivity contribution in [2.75, 3.05) is 31.8 Å². The molecule has 0 aliphatic carbocycles. The summed E-state index contributed by atoms with van der Waals surface area (Å²) in [5.41, 5.74) is 3.47.